The second-order valence-corrected chi connectivity index (χ2v) is 4.57. The summed E-state index contributed by atoms with van der Waals surface area (Å²) >= 11 is 0. The average Bonchev–Trinajstić information content (AvgIpc) is 2.37. The van der Waals surface area contributed by atoms with E-state index in [1.165, 1.54) is 0 Å². The lowest BCUT2D eigenvalue weighted by Crippen LogP contribution is -2.46. The Bertz CT molecular complexity index is 430. The first-order chi connectivity index (χ1) is 8.58. The van der Waals surface area contributed by atoms with Crippen LogP contribution < -0.4 is 5.32 Å². The van der Waals surface area contributed by atoms with E-state index in [9.17, 15) is 13.6 Å². The summed E-state index contributed by atoms with van der Waals surface area (Å²) in [6, 6.07) is 2.98. The molecule has 1 aliphatic heterocycles. The van der Waals surface area contributed by atoms with Crippen LogP contribution in [0, 0.1) is 11.6 Å². The molecule has 0 aliphatic carbocycles. The van der Waals surface area contributed by atoms with E-state index in [1.807, 2.05) is 0 Å². The van der Waals surface area contributed by atoms with Crippen molar-refractivity contribution in [2.45, 2.75) is 18.9 Å². The summed E-state index contributed by atoms with van der Waals surface area (Å²) < 4.78 is 26.1. The van der Waals surface area contributed by atoms with Gasteiger partial charge in [-0.05, 0) is 31.5 Å². The first kappa shape index (κ1) is 15.9. The van der Waals surface area contributed by atoms with Gasteiger partial charge in [0.1, 0.15) is 11.6 Å². The van der Waals surface area contributed by atoms with Crippen molar-refractivity contribution in [3.05, 3.63) is 35.4 Å². The third-order valence-corrected chi connectivity index (χ3v) is 3.25. The highest BCUT2D eigenvalue weighted by atomic mass is 35.5. The van der Waals surface area contributed by atoms with Crippen molar-refractivity contribution in [1.29, 1.82) is 0 Å². The van der Waals surface area contributed by atoms with Gasteiger partial charge in [0.05, 0.1) is 0 Å². The van der Waals surface area contributed by atoms with Crippen LogP contribution in [0.2, 0.25) is 0 Å². The molecule has 1 amide bonds. The fraction of sp³-hybridized carbons (Fsp3) is 0.462. The molecule has 0 spiro atoms. The van der Waals surface area contributed by atoms with Crippen LogP contribution in [0.1, 0.15) is 23.2 Å². The highest BCUT2D eigenvalue weighted by Crippen LogP contribution is 2.14. The zero-order valence-electron chi connectivity index (χ0n) is 10.7. The molecule has 1 aromatic carbocycles. The van der Waals surface area contributed by atoms with Crippen LogP contribution in [-0.2, 0) is 0 Å². The largest absolute Gasteiger partial charge is 0.337 e. The maximum Gasteiger partial charge on any atom is 0.254 e. The molecule has 0 bridgehead atoms. The van der Waals surface area contributed by atoms with Crippen molar-refractivity contribution in [2.24, 2.45) is 0 Å². The van der Waals surface area contributed by atoms with Gasteiger partial charge in [-0.15, -0.1) is 12.4 Å². The first-order valence-corrected chi connectivity index (χ1v) is 6.02. The van der Waals surface area contributed by atoms with Crippen molar-refractivity contribution in [1.82, 2.24) is 10.2 Å². The molecule has 19 heavy (non-hydrogen) atoms. The van der Waals surface area contributed by atoms with Gasteiger partial charge >= 0.3 is 0 Å². The summed E-state index contributed by atoms with van der Waals surface area (Å²) in [4.78, 5) is 13.7. The Hall–Kier alpha value is -1.20. The lowest BCUT2D eigenvalue weighted by Gasteiger charge is -2.31. The van der Waals surface area contributed by atoms with Crippen molar-refractivity contribution >= 4 is 18.3 Å². The first-order valence-electron chi connectivity index (χ1n) is 6.02. The Labute approximate surface area is 117 Å². The molecule has 1 aliphatic rings. The topological polar surface area (TPSA) is 32.3 Å². The molecule has 0 saturated carbocycles. The quantitative estimate of drug-likeness (QED) is 0.906. The molecule has 1 fully saturated rings. The van der Waals surface area contributed by atoms with Crippen molar-refractivity contribution in [3.8, 4) is 0 Å². The number of amides is 1. The zero-order chi connectivity index (χ0) is 13.1. The van der Waals surface area contributed by atoms with Crippen LogP contribution in [0.4, 0.5) is 8.78 Å². The van der Waals surface area contributed by atoms with E-state index in [-0.39, 0.29) is 29.9 Å². The number of likely N-dealkylation sites (N-methyl/N-ethyl adjacent to an activating group) is 1. The zero-order valence-corrected chi connectivity index (χ0v) is 11.5. The SMILES string of the molecule is CN(C(=O)c1cc(F)cc(F)c1)[C@@H]1CCCNC1.Cl. The van der Waals surface area contributed by atoms with Gasteiger partial charge < -0.3 is 10.2 Å². The van der Waals surface area contributed by atoms with Crippen molar-refractivity contribution in [2.75, 3.05) is 20.1 Å². The summed E-state index contributed by atoms with van der Waals surface area (Å²) in [5.74, 6) is -1.80. The number of nitrogens with one attached hydrogen (secondary N) is 1. The molecule has 106 valence electrons. The number of nitrogens with zero attached hydrogens (tertiary/aromatic N) is 1. The fourth-order valence-corrected chi connectivity index (χ4v) is 2.21. The number of halogens is 3. The van der Waals surface area contributed by atoms with Gasteiger partial charge in [-0.2, -0.15) is 0 Å². The van der Waals surface area contributed by atoms with E-state index in [4.69, 9.17) is 0 Å². The maximum absolute atomic E-state index is 13.1. The maximum atomic E-state index is 13.1. The smallest absolute Gasteiger partial charge is 0.254 e. The van der Waals surface area contributed by atoms with E-state index >= 15 is 0 Å². The average molecular weight is 291 g/mol. The van der Waals surface area contributed by atoms with Crippen LogP contribution in [0.25, 0.3) is 0 Å². The summed E-state index contributed by atoms with van der Waals surface area (Å²) in [7, 11) is 1.67. The Morgan fingerprint density at radius 2 is 1.95 bits per heavy atom. The van der Waals surface area contributed by atoms with Crippen LogP contribution in [0.15, 0.2) is 18.2 Å². The molecule has 3 nitrogen and oxygen atoms in total. The second kappa shape index (κ2) is 6.82. The Morgan fingerprint density at radius 1 is 1.32 bits per heavy atom. The van der Waals surface area contributed by atoms with Crippen LogP contribution in [-0.4, -0.2) is 37.0 Å². The second-order valence-electron chi connectivity index (χ2n) is 4.57. The van der Waals surface area contributed by atoms with E-state index in [0.717, 1.165) is 44.1 Å². The minimum Gasteiger partial charge on any atom is -0.337 e. The van der Waals surface area contributed by atoms with Gasteiger partial charge in [0.2, 0.25) is 0 Å². The number of benzene rings is 1. The number of hydrogen-bond acceptors (Lipinski definition) is 2. The van der Waals surface area contributed by atoms with Crippen molar-refractivity contribution in [3.63, 3.8) is 0 Å². The highest BCUT2D eigenvalue weighted by Gasteiger charge is 2.23. The van der Waals surface area contributed by atoms with E-state index < -0.39 is 11.6 Å². The monoisotopic (exact) mass is 290 g/mol. The Kier molecular flexibility index (Phi) is 5.69. The summed E-state index contributed by atoms with van der Waals surface area (Å²) in [5.41, 5.74) is 0.0561. The molecule has 1 aromatic rings. The normalized spacial score (nSPS) is 18.6. The third-order valence-electron chi connectivity index (χ3n) is 3.25. The van der Waals surface area contributed by atoms with Gasteiger partial charge in [0.25, 0.3) is 5.91 Å². The van der Waals surface area contributed by atoms with Crippen LogP contribution in [0.5, 0.6) is 0 Å². The number of hydrogen-bond donors (Lipinski definition) is 1. The van der Waals surface area contributed by atoms with Crippen LogP contribution in [0.3, 0.4) is 0 Å². The number of rotatable bonds is 2. The van der Waals surface area contributed by atoms with E-state index in [2.05, 4.69) is 5.32 Å². The molecule has 0 unspecified atom stereocenters. The van der Waals surface area contributed by atoms with Crippen molar-refractivity contribution < 1.29 is 13.6 Å². The lowest BCUT2D eigenvalue weighted by atomic mass is 10.1. The number of carbonyl (C=O) groups is 1. The molecule has 6 heteroatoms. The van der Waals surface area contributed by atoms with Gasteiger partial charge in [-0.25, -0.2) is 8.78 Å². The molecule has 1 heterocycles. The standard InChI is InChI=1S/C13H16F2N2O.ClH/c1-17(12-3-2-4-16-8-12)13(18)9-5-10(14)7-11(15)6-9;/h5-7,12,16H,2-4,8H2,1H3;1H/t12-;/m1./s1. The van der Waals surface area contributed by atoms with E-state index in [1.54, 1.807) is 11.9 Å². The number of piperidine rings is 1. The predicted octanol–water partition coefficient (Wildman–Crippen LogP) is 2.21. The molecule has 0 aromatic heterocycles. The van der Waals surface area contributed by atoms with Crippen LogP contribution >= 0.6 is 12.4 Å². The Morgan fingerprint density at radius 3 is 2.47 bits per heavy atom. The molecular weight excluding hydrogens is 274 g/mol. The van der Waals surface area contributed by atoms with Gasteiger partial charge in [0, 0.05) is 31.3 Å². The summed E-state index contributed by atoms with van der Waals surface area (Å²) in [5, 5.41) is 3.20. The minimum absolute atomic E-state index is 0. The molecule has 1 N–H and O–H groups in total. The number of carbonyl (C=O) groups excluding carboxylic acids is 1. The molecule has 1 saturated heterocycles. The third kappa shape index (κ3) is 3.88. The van der Waals surface area contributed by atoms with E-state index in [0.29, 0.717) is 0 Å². The molecule has 1 atom stereocenters. The summed E-state index contributed by atoms with van der Waals surface area (Å²) in [6.45, 7) is 1.67. The highest BCUT2D eigenvalue weighted by molar-refractivity contribution is 5.94. The molecule has 0 radical (unpaired) electrons. The van der Waals surface area contributed by atoms with Gasteiger partial charge in [0.15, 0.2) is 0 Å². The minimum atomic E-state index is -0.728. The Balaban J connectivity index is 0.00000180. The van der Waals surface area contributed by atoms with Gasteiger partial charge in [-0.1, -0.05) is 0 Å². The lowest BCUT2D eigenvalue weighted by molar-refractivity contribution is 0.0707. The van der Waals surface area contributed by atoms with Gasteiger partial charge in [-0.3, -0.25) is 4.79 Å². The summed E-state index contributed by atoms with van der Waals surface area (Å²) in [6.07, 6.45) is 1.91. The molecule has 2 rings (SSSR count). The fourth-order valence-electron chi connectivity index (χ4n) is 2.21. The molecular formula is C13H17ClF2N2O. The predicted molar refractivity (Wildman–Crippen MR) is 71.6 cm³/mol.